The number of hydrogen-bond donors (Lipinski definition) is 1. The van der Waals surface area contributed by atoms with Gasteiger partial charge < -0.3 is 5.73 Å². The summed E-state index contributed by atoms with van der Waals surface area (Å²) in [5.41, 5.74) is 8.70. The first-order chi connectivity index (χ1) is 6.65. The second-order valence-corrected chi connectivity index (χ2v) is 3.75. The summed E-state index contributed by atoms with van der Waals surface area (Å²) in [7, 11) is 1.89. The van der Waals surface area contributed by atoms with Crippen molar-refractivity contribution in [3.63, 3.8) is 0 Å². The zero-order chi connectivity index (χ0) is 10.3. The van der Waals surface area contributed by atoms with Crippen LogP contribution >= 0.6 is 11.6 Å². The third kappa shape index (κ3) is 1.21. The minimum atomic E-state index is 0.514. The molecule has 0 radical (unpaired) electrons. The van der Waals surface area contributed by atoms with Crippen molar-refractivity contribution in [3.8, 4) is 0 Å². The molecule has 1 heterocycles. The molecule has 74 valence electrons. The monoisotopic (exact) mass is 209 g/mol. The van der Waals surface area contributed by atoms with Crippen LogP contribution in [0.15, 0.2) is 12.1 Å². The van der Waals surface area contributed by atoms with Crippen LogP contribution < -0.4 is 5.73 Å². The van der Waals surface area contributed by atoms with Gasteiger partial charge in [0.25, 0.3) is 0 Å². The third-order valence-electron chi connectivity index (χ3n) is 2.42. The molecule has 0 saturated carbocycles. The highest BCUT2D eigenvalue weighted by atomic mass is 35.5. The van der Waals surface area contributed by atoms with Crippen LogP contribution in [0.2, 0.25) is 5.02 Å². The van der Waals surface area contributed by atoms with Crippen molar-refractivity contribution in [2.45, 2.75) is 13.5 Å². The van der Waals surface area contributed by atoms with Gasteiger partial charge in [-0.05, 0) is 18.6 Å². The summed E-state index contributed by atoms with van der Waals surface area (Å²) in [5, 5.41) is 6.14. The van der Waals surface area contributed by atoms with E-state index in [1.165, 1.54) is 0 Å². The molecule has 4 heteroatoms. The molecule has 0 atom stereocenters. The Labute approximate surface area is 87.5 Å². The van der Waals surface area contributed by atoms with Gasteiger partial charge in [-0.15, -0.1) is 0 Å². The fourth-order valence-corrected chi connectivity index (χ4v) is 2.10. The zero-order valence-corrected chi connectivity index (χ0v) is 8.97. The van der Waals surface area contributed by atoms with Crippen molar-refractivity contribution >= 4 is 22.5 Å². The summed E-state index contributed by atoms with van der Waals surface area (Å²) in [6, 6.07) is 3.83. The van der Waals surface area contributed by atoms with Gasteiger partial charge >= 0.3 is 0 Å². The summed E-state index contributed by atoms with van der Waals surface area (Å²) < 4.78 is 1.80. The molecule has 2 aromatic rings. The molecule has 0 bridgehead atoms. The molecule has 1 aromatic heterocycles. The van der Waals surface area contributed by atoms with Gasteiger partial charge in [-0.25, -0.2) is 0 Å². The van der Waals surface area contributed by atoms with Crippen LogP contribution in [0.25, 0.3) is 10.9 Å². The molecule has 0 aliphatic carbocycles. The van der Waals surface area contributed by atoms with Crippen molar-refractivity contribution < 1.29 is 0 Å². The molecule has 0 fully saturated rings. The van der Waals surface area contributed by atoms with Crippen LogP contribution in [-0.2, 0) is 13.6 Å². The van der Waals surface area contributed by atoms with Crippen molar-refractivity contribution in [2.24, 2.45) is 12.8 Å². The van der Waals surface area contributed by atoms with Crippen LogP contribution in [0, 0.1) is 6.92 Å². The Morgan fingerprint density at radius 1 is 1.50 bits per heavy atom. The predicted molar refractivity (Wildman–Crippen MR) is 58.4 cm³/mol. The molecule has 3 nitrogen and oxygen atoms in total. The maximum Gasteiger partial charge on any atom is 0.0871 e. The van der Waals surface area contributed by atoms with Gasteiger partial charge in [0, 0.05) is 19.0 Å². The lowest BCUT2D eigenvalue weighted by Crippen LogP contribution is -1.97. The van der Waals surface area contributed by atoms with Gasteiger partial charge in [0.2, 0.25) is 0 Å². The first-order valence-electron chi connectivity index (χ1n) is 4.46. The number of halogens is 1. The molecule has 0 spiro atoms. The van der Waals surface area contributed by atoms with E-state index in [1.54, 1.807) is 4.68 Å². The second-order valence-electron chi connectivity index (χ2n) is 3.34. The quantitative estimate of drug-likeness (QED) is 0.781. The van der Waals surface area contributed by atoms with E-state index in [0.29, 0.717) is 6.54 Å². The molecule has 0 unspecified atom stereocenters. The molecule has 0 amide bonds. The van der Waals surface area contributed by atoms with Gasteiger partial charge in [0.05, 0.1) is 16.2 Å². The van der Waals surface area contributed by atoms with Crippen LogP contribution in [0.5, 0.6) is 0 Å². The fourth-order valence-electron chi connectivity index (χ4n) is 1.82. The van der Waals surface area contributed by atoms with Gasteiger partial charge in [-0.2, -0.15) is 5.10 Å². The van der Waals surface area contributed by atoms with E-state index in [-0.39, 0.29) is 0 Å². The highest BCUT2D eigenvalue weighted by molar-refractivity contribution is 6.35. The molecule has 14 heavy (non-hydrogen) atoms. The number of aromatic nitrogens is 2. The smallest absolute Gasteiger partial charge is 0.0871 e. The number of nitrogens with zero attached hydrogens (tertiary/aromatic N) is 2. The maximum atomic E-state index is 6.10. The normalized spacial score (nSPS) is 11.1. The van der Waals surface area contributed by atoms with Crippen molar-refractivity contribution in [2.75, 3.05) is 0 Å². The van der Waals surface area contributed by atoms with Crippen LogP contribution in [0.4, 0.5) is 0 Å². The Morgan fingerprint density at radius 3 is 2.86 bits per heavy atom. The Kier molecular flexibility index (Phi) is 2.21. The van der Waals surface area contributed by atoms with Gasteiger partial charge in [0.1, 0.15) is 0 Å². The van der Waals surface area contributed by atoms with E-state index >= 15 is 0 Å². The molecular formula is C10H12ClN3. The van der Waals surface area contributed by atoms with E-state index in [4.69, 9.17) is 17.3 Å². The molecule has 0 saturated heterocycles. The lowest BCUT2D eigenvalue weighted by molar-refractivity contribution is 0.783. The zero-order valence-electron chi connectivity index (χ0n) is 8.21. The van der Waals surface area contributed by atoms with E-state index in [0.717, 1.165) is 27.2 Å². The largest absolute Gasteiger partial charge is 0.326 e. The highest BCUT2D eigenvalue weighted by Crippen LogP contribution is 2.28. The number of fused-ring (bicyclic) bond motifs is 1. The lowest BCUT2D eigenvalue weighted by Gasteiger charge is -2.02. The molecule has 0 aliphatic rings. The van der Waals surface area contributed by atoms with Crippen molar-refractivity contribution in [1.29, 1.82) is 0 Å². The first kappa shape index (κ1) is 9.49. The average molecular weight is 210 g/mol. The summed E-state index contributed by atoms with van der Waals surface area (Å²) >= 11 is 6.10. The second kappa shape index (κ2) is 3.26. The summed E-state index contributed by atoms with van der Waals surface area (Å²) in [5.74, 6) is 0. The predicted octanol–water partition coefficient (Wildman–Crippen LogP) is 1.99. The standard InChI is InChI=1S/C10H12ClN3/c1-6-9-7(5-12)3-4-8(11)10(9)14(2)13-6/h3-4H,5,12H2,1-2H3. The highest BCUT2D eigenvalue weighted by Gasteiger charge is 2.11. The van der Waals surface area contributed by atoms with Crippen LogP contribution in [-0.4, -0.2) is 9.78 Å². The third-order valence-corrected chi connectivity index (χ3v) is 2.73. The summed E-state index contributed by atoms with van der Waals surface area (Å²) in [6.07, 6.45) is 0. The van der Waals surface area contributed by atoms with Gasteiger partial charge in [0.15, 0.2) is 0 Å². The summed E-state index contributed by atoms with van der Waals surface area (Å²) in [4.78, 5) is 0. The van der Waals surface area contributed by atoms with E-state index in [1.807, 2.05) is 26.1 Å². The minimum Gasteiger partial charge on any atom is -0.326 e. The fraction of sp³-hybridized carbons (Fsp3) is 0.300. The van der Waals surface area contributed by atoms with Gasteiger partial charge in [-0.1, -0.05) is 17.7 Å². The van der Waals surface area contributed by atoms with E-state index in [9.17, 15) is 0 Å². The van der Waals surface area contributed by atoms with Gasteiger partial charge in [-0.3, -0.25) is 4.68 Å². The molecule has 2 rings (SSSR count). The van der Waals surface area contributed by atoms with E-state index < -0.39 is 0 Å². The lowest BCUT2D eigenvalue weighted by atomic mass is 10.1. The average Bonchev–Trinajstić information content (AvgIpc) is 2.44. The molecule has 1 aromatic carbocycles. The number of aryl methyl sites for hydroxylation is 2. The topological polar surface area (TPSA) is 43.8 Å². The minimum absolute atomic E-state index is 0.514. The number of benzene rings is 1. The summed E-state index contributed by atoms with van der Waals surface area (Å²) in [6.45, 7) is 2.48. The first-order valence-corrected chi connectivity index (χ1v) is 4.83. The Bertz CT molecular complexity index is 488. The Morgan fingerprint density at radius 2 is 2.21 bits per heavy atom. The number of nitrogens with two attached hydrogens (primary N) is 1. The number of hydrogen-bond acceptors (Lipinski definition) is 2. The Balaban J connectivity index is 2.94. The molecular weight excluding hydrogens is 198 g/mol. The van der Waals surface area contributed by atoms with Crippen LogP contribution in [0.3, 0.4) is 0 Å². The van der Waals surface area contributed by atoms with E-state index in [2.05, 4.69) is 5.10 Å². The van der Waals surface area contributed by atoms with Crippen molar-refractivity contribution in [3.05, 3.63) is 28.4 Å². The number of rotatable bonds is 1. The Hall–Kier alpha value is -1.06. The SMILES string of the molecule is Cc1nn(C)c2c(Cl)ccc(CN)c12. The maximum absolute atomic E-state index is 6.10. The van der Waals surface area contributed by atoms with Crippen LogP contribution in [0.1, 0.15) is 11.3 Å². The van der Waals surface area contributed by atoms with Crippen molar-refractivity contribution in [1.82, 2.24) is 9.78 Å². The molecule has 0 aliphatic heterocycles. The molecule has 2 N–H and O–H groups in total.